The number of amides is 1. The second-order valence-corrected chi connectivity index (χ2v) is 4.35. The Labute approximate surface area is 106 Å². The summed E-state index contributed by atoms with van der Waals surface area (Å²) in [5, 5.41) is 11.1. The van der Waals surface area contributed by atoms with Gasteiger partial charge in [0.25, 0.3) is 5.91 Å². The summed E-state index contributed by atoms with van der Waals surface area (Å²) in [6.45, 7) is 1.64. The van der Waals surface area contributed by atoms with Crippen molar-refractivity contribution < 1.29 is 19.1 Å². The van der Waals surface area contributed by atoms with Gasteiger partial charge < -0.3 is 10.4 Å². The molecule has 0 aliphatic rings. The summed E-state index contributed by atoms with van der Waals surface area (Å²) in [6.07, 6.45) is 0.261. The van der Waals surface area contributed by atoms with E-state index in [2.05, 4.69) is 21.2 Å². The van der Waals surface area contributed by atoms with Crippen LogP contribution in [-0.2, 0) is 4.79 Å². The van der Waals surface area contributed by atoms with Crippen molar-refractivity contribution >= 4 is 27.8 Å². The molecule has 92 valence electrons. The molecule has 0 aliphatic carbocycles. The second kappa shape index (κ2) is 5.77. The van der Waals surface area contributed by atoms with Crippen LogP contribution in [0.25, 0.3) is 0 Å². The van der Waals surface area contributed by atoms with Gasteiger partial charge in [0.1, 0.15) is 11.9 Å². The van der Waals surface area contributed by atoms with E-state index in [1.165, 1.54) is 12.1 Å². The minimum Gasteiger partial charge on any atom is -0.480 e. The predicted octanol–water partition coefficient (Wildman–Crippen LogP) is 2.18. The van der Waals surface area contributed by atoms with Gasteiger partial charge in [-0.15, -0.1) is 0 Å². The molecule has 0 saturated carbocycles. The molecule has 0 heterocycles. The van der Waals surface area contributed by atoms with Crippen molar-refractivity contribution in [3.63, 3.8) is 0 Å². The smallest absolute Gasteiger partial charge is 0.326 e. The van der Waals surface area contributed by atoms with E-state index in [4.69, 9.17) is 5.11 Å². The SMILES string of the molecule is CC[C@@H](NC(=O)c1cc(F)cc(Br)c1)C(=O)O. The van der Waals surface area contributed by atoms with Gasteiger partial charge in [0.2, 0.25) is 0 Å². The molecule has 6 heteroatoms. The molecular weight excluding hydrogens is 293 g/mol. The average Bonchev–Trinajstić information content (AvgIpc) is 2.23. The van der Waals surface area contributed by atoms with Crippen LogP contribution in [0.2, 0.25) is 0 Å². The topological polar surface area (TPSA) is 66.4 Å². The van der Waals surface area contributed by atoms with Crippen molar-refractivity contribution in [3.05, 3.63) is 34.1 Å². The molecule has 0 fully saturated rings. The third kappa shape index (κ3) is 3.81. The highest BCUT2D eigenvalue weighted by molar-refractivity contribution is 9.10. The van der Waals surface area contributed by atoms with E-state index < -0.39 is 23.7 Å². The summed E-state index contributed by atoms with van der Waals surface area (Å²) in [6, 6.07) is 2.72. The molecule has 1 atom stereocenters. The zero-order valence-electron chi connectivity index (χ0n) is 9.04. The van der Waals surface area contributed by atoms with Crippen LogP contribution in [0.3, 0.4) is 0 Å². The highest BCUT2D eigenvalue weighted by Gasteiger charge is 2.18. The zero-order valence-corrected chi connectivity index (χ0v) is 10.6. The standard InChI is InChI=1S/C11H11BrFNO3/c1-2-9(11(16)17)14-10(15)6-3-7(12)5-8(13)4-6/h3-5,9H,2H2,1H3,(H,14,15)(H,16,17)/t9-/m1/s1. The number of aliphatic carboxylic acids is 1. The fourth-order valence-corrected chi connectivity index (χ4v) is 1.73. The Balaban J connectivity index is 2.86. The molecule has 1 amide bonds. The van der Waals surface area contributed by atoms with Crippen molar-refractivity contribution in [2.24, 2.45) is 0 Å². The first-order chi connectivity index (χ1) is 7.93. The van der Waals surface area contributed by atoms with Gasteiger partial charge in [-0.3, -0.25) is 4.79 Å². The molecule has 0 bridgehead atoms. The molecule has 0 spiro atoms. The van der Waals surface area contributed by atoms with Gasteiger partial charge in [-0.25, -0.2) is 9.18 Å². The van der Waals surface area contributed by atoms with Gasteiger partial charge >= 0.3 is 5.97 Å². The van der Waals surface area contributed by atoms with Crippen molar-refractivity contribution in [3.8, 4) is 0 Å². The third-order valence-electron chi connectivity index (χ3n) is 2.14. The Hall–Kier alpha value is -1.43. The average molecular weight is 304 g/mol. The molecule has 0 unspecified atom stereocenters. The number of carbonyl (C=O) groups excluding carboxylic acids is 1. The van der Waals surface area contributed by atoms with Crippen molar-refractivity contribution in [2.45, 2.75) is 19.4 Å². The second-order valence-electron chi connectivity index (χ2n) is 3.43. The third-order valence-corrected chi connectivity index (χ3v) is 2.59. The van der Waals surface area contributed by atoms with Crippen LogP contribution >= 0.6 is 15.9 Å². The molecule has 2 N–H and O–H groups in total. The lowest BCUT2D eigenvalue weighted by atomic mass is 10.1. The number of nitrogens with one attached hydrogen (secondary N) is 1. The highest BCUT2D eigenvalue weighted by Crippen LogP contribution is 2.15. The van der Waals surface area contributed by atoms with Crippen molar-refractivity contribution in [1.29, 1.82) is 0 Å². The Kier molecular flexibility index (Phi) is 4.62. The molecule has 17 heavy (non-hydrogen) atoms. The van der Waals surface area contributed by atoms with E-state index in [1.807, 2.05) is 0 Å². The molecule has 1 rings (SSSR count). The maximum absolute atomic E-state index is 13.0. The quantitative estimate of drug-likeness (QED) is 0.896. The van der Waals surface area contributed by atoms with Crippen LogP contribution in [0.15, 0.2) is 22.7 Å². The van der Waals surface area contributed by atoms with E-state index >= 15 is 0 Å². The molecule has 0 aromatic heterocycles. The van der Waals surface area contributed by atoms with Crippen LogP contribution in [0.4, 0.5) is 4.39 Å². The van der Waals surface area contributed by atoms with Crippen LogP contribution in [0, 0.1) is 5.82 Å². The normalized spacial score (nSPS) is 11.9. The molecule has 4 nitrogen and oxygen atoms in total. The molecular formula is C11H11BrFNO3. The first-order valence-electron chi connectivity index (χ1n) is 4.93. The van der Waals surface area contributed by atoms with Crippen LogP contribution in [0.1, 0.15) is 23.7 Å². The van der Waals surface area contributed by atoms with Crippen LogP contribution in [-0.4, -0.2) is 23.0 Å². The largest absolute Gasteiger partial charge is 0.480 e. The number of halogens is 2. The molecule has 1 aromatic carbocycles. The van der Waals surface area contributed by atoms with Gasteiger partial charge in [0.15, 0.2) is 0 Å². The predicted molar refractivity (Wildman–Crippen MR) is 63.3 cm³/mol. The lowest BCUT2D eigenvalue weighted by Gasteiger charge is -2.12. The Morgan fingerprint density at radius 3 is 2.59 bits per heavy atom. The van der Waals surface area contributed by atoms with Gasteiger partial charge in [-0.1, -0.05) is 22.9 Å². The maximum Gasteiger partial charge on any atom is 0.326 e. The van der Waals surface area contributed by atoms with Crippen LogP contribution < -0.4 is 5.32 Å². The summed E-state index contributed by atoms with van der Waals surface area (Å²) in [5.41, 5.74) is 0.0802. The first-order valence-corrected chi connectivity index (χ1v) is 5.73. The Bertz CT molecular complexity index is 430. The Morgan fingerprint density at radius 1 is 1.47 bits per heavy atom. The molecule has 0 saturated heterocycles. The maximum atomic E-state index is 13.0. The number of carbonyl (C=O) groups is 2. The minimum absolute atomic E-state index is 0.0802. The summed E-state index contributed by atoms with van der Waals surface area (Å²) >= 11 is 3.06. The number of carboxylic acids is 1. The van der Waals surface area contributed by atoms with E-state index in [1.54, 1.807) is 6.92 Å². The van der Waals surface area contributed by atoms with Gasteiger partial charge in [-0.2, -0.15) is 0 Å². The number of hydrogen-bond donors (Lipinski definition) is 2. The fraction of sp³-hybridized carbons (Fsp3) is 0.273. The number of benzene rings is 1. The minimum atomic E-state index is -1.11. The molecule has 1 aromatic rings. The number of rotatable bonds is 4. The van der Waals surface area contributed by atoms with E-state index in [9.17, 15) is 14.0 Å². The lowest BCUT2D eigenvalue weighted by molar-refractivity contribution is -0.139. The lowest BCUT2D eigenvalue weighted by Crippen LogP contribution is -2.40. The first kappa shape index (κ1) is 13.6. The zero-order chi connectivity index (χ0) is 13.0. The van der Waals surface area contributed by atoms with E-state index in [-0.39, 0.29) is 12.0 Å². The summed E-state index contributed by atoms with van der Waals surface area (Å²) in [7, 11) is 0. The monoisotopic (exact) mass is 303 g/mol. The summed E-state index contributed by atoms with van der Waals surface area (Å²) in [4.78, 5) is 22.4. The van der Waals surface area contributed by atoms with E-state index in [0.717, 1.165) is 6.07 Å². The van der Waals surface area contributed by atoms with Crippen LogP contribution in [0.5, 0.6) is 0 Å². The Morgan fingerprint density at radius 2 is 2.12 bits per heavy atom. The number of carboxylic acid groups (broad SMARTS) is 1. The van der Waals surface area contributed by atoms with Crippen molar-refractivity contribution in [2.75, 3.05) is 0 Å². The fourth-order valence-electron chi connectivity index (χ4n) is 1.26. The number of hydrogen-bond acceptors (Lipinski definition) is 2. The summed E-state index contributed by atoms with van der Waals surface area (Å²) in [5.74, 6) is -2.29. The van der Waals surface area contributed by atoms with E-state index in [0.29, 0.717) is 4.47 Å². The van der Waals surface area contributed by atoms with Gasteiger partial charge in [0, 0.05) is 10.0 Å². The van der Waals surface area contributed by atoms with Gasteiger partial charge in [-0.05, 0) is 24.6 Å². The summed E-state index contributed by atoms with van der Waals surface area (Å²) < 4.78 is 13.5. The van der Waals surface area contributed by atoms with Gasteiger partial charge in [0.05, 0.1) is 0 Å². The van der Waals surface area contributed by atoms with Crippen molar-refractivity contribution in [1.82, 2.24) is 5.32 Å². The molecule has 0 radical (unpaired) electrons. The molecule has 0 aliphatic heterocycles. The highest BCUT2D eigenvalue weighted by atomic mass is 79.9.